The van der Waals surface area contributed by atoms with Crippen molar-refractivity contribution in [2.45, 2.75) is 45.6 Å². The minimum atomic E-state index is -0.511. The molecule has 0 saturated heterocycles. The first-order valence-corrected chi connectivity index (χ1v) is 6.34. The van der Waals surface area contributed by atoms with Crippen molar-refractivity contribution in [1.82, 2.24) is 5.32 Å². The molecule has 1 N–H and O–H groups in total. The molecular formula is C14H21F2N. The second-order valence-electron chi connectivity index (χ2n) is 4.32. The summed E-state index contributed by atoms with van der Waals surface area (Å²) in [5.74, 6) is -0.945. The first-order valence-electron chi connectivity index (χ1n) is 6.34. The normalized spacial score (nSPS) is 12.7. The van der Waals surface area contributed by atoms with E-state index in [1.807, 2.05) is 0 Å². The number of rotatable bonds is 7. The van der Waals surface area contributed by atoms with Gasteiger partial charge in [-0.15, -0.1) is 0 Å². The Morgan fingerprint density at radius 2 is 1.94 bits per heavy atom. The molecule has 3 heteroatoms. The van der Waals surface area contributed by atoms with E-state index < -0.39 is 11.6 Å². The number of hydrogen-bond donors (Lipinski definition) is 1. The lowest BCUT2D eigenvalue weighted by atomic mass is 10.0. The van der Waals surface area contributed by atoms with Crippen LogP contribution in [0.25, 0.3) is 0 Å². The summed E-state index contributed by atoms with van der Waals surface area (Å²) in [6.07, 6.45) is 3.76. The van der Waals surface area contributed by atoms with Crippen LogP contribution >= 0.6 is 0 Å². The fourth-order valence-corrected chi connectivity index (χ4v) is 2.04. The number of benzene rings is 1. The SMILES string of the molecule is CCCC(CCc1ccc(F)cc1F)NCC. The molecule has 0 spiro atoms. The summed E-state index contributed by atoms with van der Waals surface area (Å²) in [5, 5.41) is 3.39. The van der Waals surface area contributed by atoms with Gasteiger partial charge in [-0.25, -0.2) is 8.78 Å². The summed E-state index contributed by atoms with van der Waals surface area (Å²) < 4.78 is 26.1. The highest BCUT2D eigenvalue weighted by atomic mass is 19.1. The summed E-state index contributed by atoms with van der Waals surface area (Å²) >= 11 is 0. The molecule has 0 aliphatic heterocycles. The lowest BCUT2D eigenvalue weighted by molar-refractivity contribution is 0.455. The maximum atomic E-state index is 13.4. The largest absolute Gasteiger partial charge is 0.314 e. The molecule has 0 heterocycles. The lowest BCUT2D eigenvalue weighted by Crippen LogP contribution is -2.29. The summed E-state index contributed by atoms with van der Waals surface area (Å²) in [4.78, 5) is 0. The molecule has 0 aromatic heterocycles. The van der Waals surface area contributed by atoms with Crippen molar-refractivity contribution >= 4 is 0 Å². The van der Waals surface area contributed by atoms with Gasteiger partial charge < -0.3 is 5.32 Å². The number of nitrogens with one attached hydrogen (secondary N) is 1. The molecule has 1 atom stereocenters. The van der Waals surface area contributed by atoms with Crippen molar-refractivity contribution in [1.29, 1.82) is 0 Å². The van der Waals surface area contributed by atoms with Crippen molar-refractivity contribution in [3.63, 3.8) is 0 Å². The van der Waals surface area contributed by atoms with Crippen LogP contribution in [-0.4, -0.2) is 12.6 Å². The minimum Gasteiger partial charge on any atom is -0.314 e. The van der Waals surface area contributed by atoms with Gasteiger partial charge in [-0.05, 0) is 37.4 Å². The second-order valence-corrected chi connectivity index (χ2v) is 4.32. The van der Waals surface area contributed by atoms with Gasteiger partial charge in [-0.3, -0.25) is 0 Å². The van der Waals surface area contributed by atoms with Crippen molar-refractivity contribution < 1.29 is 8.78 Å². The van der Waals surface area contributed by atoms with E-state index >= 15 is 0 Å². The third kappa shape index (κ3) is 4.82. The quantitative estimate of drug-likeness (QED) is 0.768. The molecular weight excluding hydrogens is 220 g/mol. The maximum absolute atomic E-state index is 13.4. The van der Waals surface area contributed by atoms with E-state index in [9.17, 15) is 8.78 Å². The zero-order chi connectivity index (χ0) is 12.7. The van der Waals surface area contributed by atoms with Gasteiger partial charge in [0.1, 0.15) is 11.6 Å². The molecule has 0 saturated carbocycles. The Morgan fingerprint density at radius 1 is 1.18 bits per heavy atom. The predicted molar refractivity (Wildman–Crippen MR) is 67.1 cm³/mol. The van der Waals surface area contributed by atoms with E-state index in [4.69, 9.17) is 0 Å². The molecule has 17 heavy (non-hydrogen) atoms. The van der Waals surface area contributed by atoms with Crippen LogP contribution in [0.5, 0.6) is 0 Å². The number of halogens is 2. The topological polar surface area (TPSA) is 12.0 Å². The Kier molecular flexibility index (Phi) is 6.12. The van der Waals surface area contributed by atoms with Gasteiger partial charge >= 0.3 is 0 Å². The van der Waals surface area contributed by atoms with Crippen molar-refractivity contribution in [2.24, 2.45) is 0 Å². The number of hydrogen-bond acceptors (Lipinski definition) is 1. The Labute approximate surface area is 102 Å². The Bertz CT molecular complexity index is 333. The van der Waals surface area contributed by atoms with Crippen LogP contribution in [-0.2, 0) is 6.42 Å². The lowest BCUT2D eigenvalue weighted by Gasteiger charge is -2.17. The van der Waals surface area contributed by atoms with Crippen LogP contribution in [0.4, 0.5) is 8.78 Å². The molecule has 0 fully saturated rings. The highest BCUT2D eigenvalue weighted by molar-refractivity contribution is 5.18. The van der Waals surface area contributed by atoms with Crippen LogP contribution in [0.15, 0.2) is 18.2 Å². The van der Waals surface area contributed by atoms with Crippen LogP contribution in [0.2, 0.25) is 0 Å². The fourth-order valence-electron chi connectivity index (χ4n) is 2.04. The van der Waals surface area contributed by atoms with E-state index in [1.54, 1.807) is 6.07 Å². The molecule has 1 aromatic carbocycles. The van der Waals surface area contributed by atoms with E-state index in [1.165, 1.54) is 6.07 Å². The predicted octanol–water partition coefficient (Wildman–Crippen LogP) is 3.68. The van der Waals surface area contributed by atoms with E-state index in [-0.39, 0.29) is 0 Å². The molecule has 96 valence electrons. The van der Waals surface area contributed by atoms with Gasteiger partial charge in [0.2, 0.25) is 0 Å². The van der Waals surface area contributed by atoms with Gasteiger partial charge in [0.05, 0.1) is 0 Å². The van der Waals surface area contributed by atoms with Crippen molar-refractivity contribution in [3.8, 4) is 0 Å². The Balaban J connectivity index is 2.52. The molecule has 0 radical (unpaired) electrons. The maximum Gasteiger partial charge on any atom is 0.129 e. The summed E-state index contributed by atoms with van der Waals surface area (Å²) in [6.45, 7) is 5.14. The molecule has 0 bridgehead atoms. The Morgan fingerprint density at radius 3 is 2.53 bits per heavy atom. The fraction of sp³-hybridized carbons (Fsp3) is 0.571. The average Bonchev–Trinajstić information content (AvgIpc) is 2.28. The van der Waals surface area contributed by atoms with Gasteiger partial charge in [0.15, 0.2) is 0 Å². The second kappa shape index (κ2) is 7.38. The zero-order valence-electron chi connectivity index (χ0n) is 10.6. The average molecular weight is 241 g/mol. The summed E-state index contributed by atoms with van der Waals surface area (Å²) in [6, 6.07) is 4.24. The smallest absolute Gasteiger partial charge is 0.129 e. The monoisotopic (exact) mass is 241 g/mol. The first kappa shape index (κ1) is 14.1. The highest BCUT2D eigenvalue weighted by Gasteiger charge is 2.09. The van der Waals surface area contributed by atoms with Gasteiger partial charge in [-0.2, -0.15) is 0 Å². The molecule has 1 unspecified atom stereocenters. The molecule has 1 aromatic rings. The molecule has 1 rings (SSSR count). The van der Waals surface area contributed by atoms with Crippen LogP contribution in [0.1, 0.15) is 38.7 Å². The van der Waals surface area contributed by atoms with Crippen LogP contribution < -0.4 is 5.32 Å². The summed E-state index contributed by atoms with van der Waals surface area (Å²) in [5.41, 5.74) is 0.602. The minimum absolute atomic E-state index is 0.425. The zero-order valence-corrected chi connectivity index (χ0v) is 10.6. The molecule has 0 aliphatic carbocycles. The van der Waals surface area contributed by atoms with E-state index in [0.717, 1.165) is 31.9 Å². The van der Waals surface area contributed by atoms with Crippen LogP contribution in [0, 0.1) is 11.6 Å². The number of aryl methyl sites for hydroxylation is 1. The van der Waals surface area contributed by atoms with Crippen LogP contribution in [0.3, 0.4) is 0 Å². The Hall–Kier alpha value is -0.960. The highest BCUT2D eigenvalue weighted by Crippen LogP contribution is 2.14. The van der Waals surface area contributed by atoms with E-state index in [0.29, 0.717) is 18.0 Å². The molecule has 0 amide bonds. The van der Waals surface area contributed by atoms with Crippen molar-refractivity contribution in [3.05, 3.63) is 35.4 Å². The summed E-state index contributed by atoms with van der Waals surface area (Å²) in [7, 11) is 0. The van der Waals surface area contributed by atoms with Gasteiger partial charge in [0, 0.05) is 12.1 Å². The van der Waals surface area contributed by atoms with Gasteiger partial charge in [0.25, 0.3) is 0 Å². The molecule has 1 nitrogen and oxygen atoms in total. The third-order valence-corrected chi connectivity index (χ3v) is 2.91. The standard InChI is InChI=1S/C14H21F2N/c1-3-5-13(17-4-2)9-7-11-6-8-12(15)10-14(11)16/h6,8,10,13,17H,3-5,7,9H2,1-2H3. The third-order valence-electron chi connectivity index (χ3n) is 2.91. The molecule has 0 aliphatic rings. The van der Waals surface area contributed by atoms with Crippen molar-refractivity contribution in [2.75, 3.05) is 6.54 Å². The first-order chi connectivity index (χ1) is 8.17. The van der Waals surface area contributed by atoms with E-state index in [2.05, 4.69) is 19.2 Å². The van der Waals surface area contributed by atoms with Gasteiger partial charge in [-0.1, -0.05) is 26.3 Å².